The number of aromatic nitrogens is 2. The molecule has 2 unspecified atom stereocenters. The molecule has 1 spiro atoms. The van der Waals surface area contributed by atoms with Crippen LogP contribution in [0.1, 0.15) is 30.0 Å². The van der Waals surface area contributed by atoms with Crippen molar-refractivity contribution < 1.29 is 50.9 Å². The molecule has 0 aliphatic carbocycles. The summed E-state index contributed by atoms with van der Waals surface area (Å²) in [5.41, 5.74) is 1.19. The number of thiazole rings is 1. The summed E-state index contributed by atoms with van der Waals surface area (Å²) in [5, 5.41) is 21.1. The van der Waals surface area contributed by atoms with Crippen molar-refractivity contribution in [3.8, 4) is 0 Å². The number of anilines is 1. The minimum atomic E-state index is -5.08. The SMILES string of the molecule is Cc1nc(CN2CCCC3(CC(Nc4ccccn4)CO3)C2)cs1.O=C(O)C(F)(F)F.O=C(O)C(F)(F)F. The molecule has 2 aromatic rings. The molecule has 0 saturated carbocycles. The molecule has 16 heteroatoms. The van der Waals surface area contributed by atoms with E-state index < -0.39 is 24.3 Å². The molecule has 0 bridgehead atoms. The van der Waals surface area contributed by atoms with E-state index in [1.165, 1.54) is 12.1 Å². The van der Waals surface area contributed by atoms with E-state index in [1.807, 2.05) is 24.4 Å². The van der Waals surface area contributed by atoms with Crippen molar-refractivity contribution in [3.05, 3.63) is 40.5 Å². The number of ether oxygens (including phenoxy) is 1. The van der Waals surface area contributed by atoms with Gasteiger partial charge >= 0.3 is 24.3 Å². The predicted octanol–water partition coefficient (Wildman–Crippen LogP) is 4.35. The van der Waals surface area contributed by atoms with Crippen molar-refractivity contribution in [1.82, 2.24) is 14.9 Å². The molecule has 2 atom stereocenters. The quantitative estimate of drug-likeness (QED) is 0.459. The highest BCUT2D eigenvalue weighted by atomic mass is 32.1. The van der Waals surface area contributed by atoms with Crippen LogP contribution < -0.4 is 5.32 Å². The molecule has 4 heterocycles. The zero-order valence-electron chi connectivity index (χ0n) is 20.1. The first kappa shape index (κ1) is 31.2. The summed E-state index contributed by atoms with van der Waals surface area (Å²) in [7, 11) is 0. The number of piperidine rings is 1. The van der Waals surface area contributed by atoms with Crippen LogP contribution in [0.5, 0.6) is 0 Å². The van der Waals surface area contributed by atoms with Crippen molar-refractivity contribution >= 4 is 29.1 Å². The lowest BCUT2D eigenvalue weighted by atomic mass is 9.88. The third kappa shape index (κ3) is 10.4. The summed E-state index contributed by atoms with van der Waals surface area (Å²) in [6.45, 7) is 5.91. The number of carboxylic acids is 2. The Morgan fingerprint density at radius 3 is 2.32 bits per heavy atom. The minimum Gasteiger partial charge on any atom is -0.475 e. The Bertz CT molecular complexity index is 1030. The number of nitrogens with zero attached hydrogens (tertiary/aromatic N) is 3. The molecule has 2 aliphatic rings. The molecular formula is C22H26F6N4O5S. The maximum atomic E-state index is 10.6. The maximum Gasteiger partial charge on any atom is 0.490 e. The lowest BCUT2D eigenvalue weighted by Crippen LogP contribution is -2.47. The summed E-state index contributed by atoms with van der Waals surface area (Å²) >= 11 is 1.73. The highest BCUT2D eigenvalue weighted by Gasteiger charge is 2.43. The summed E-state index contributed by atoms with van der Waals surface area (Å²) in [6.07, 6.45) is -4.94. The van der Waals surface area contributed by atoms with E-state index in [2.05, 4.69) is 32.5 Å². The number of halogens is 6. The fourth-order valence-corrected chi connectivity index (χ4v) is 4.52. The van der Waals surface area contributed by atoms with Crippen molar-refractivity contribution in [1.29, 1.82) is 0 Å². The molecule has 4 rings (SSSR count). The first-order chi connectivity index (χ1) is 17.6. The third-order valence-corrected chi connectivity index (χ3v) is 6.20. The van der Waals surface area contributed by atoms with Gasteiger partial charge in [-0.25, -0.2) is 19.6 Å². The van der Waals surface area contributed by atoms with E-state index >= 15 is 0 Å². The zero-order chi connectivity index (χ0) is 28.6. The summed E-state index contributed by atoms with van der Waals surface area (Å²) in [4.78, 5) is 29.3. The second kappa shape index (κ2) is 13.2. The van der Waals surface area contributed by atoms with E-state index in [0.29, 0.717) is 6.04 Å². The second-order valence-electron chi connectivity index (χ2n) is 8.53. The number of carbonyl (C=O) groups is 2. The van der Waals surface area contributed by atoms with Gasteiger partial charge in [-0.15, -0.1) is 11.3 Å². The van der Waals surface area contributed by atoms with Crippen LogP contribution in [0.2, 0.25) is 0 Å². The molecule has 3 N–H and O–H groups in total. The van der Waals surface area contributed by atoms with Gasteiger partial charge in [0.15, 0.2) is 0 Å². The van der Waals surface area contributed by atoms with Gasteiger partial charge < -0.3 is 20.3 Å². The number of rotatable bonds is 4. The number of carboxylic acid groups (broad SMARTS) is 2. The van der Waals surface area contributed by atoms with Crippen molar-refractivity contribution in [2.24, 2.45) is 0 Å². The Hall–Kier alpha value is -2.98. The number of alkyl halides is 6. The van der Waals surface area contributed by atoms with Crippen LogP contribution in [-0.4, -0.2) is 80.7 Å². The van der Waals surface area contributed by atoms with Gasteiger partial charge in [-0.1, -0.05) is 6.07 Å². The molecule has 0 amide bonds. The Balaban J connectivity index is 0.000000301. The molecule has 0 radical (unpaired) electrons. The fourth-order valence-electron chi connectivity index (χ4n) is 3.91. The predicted molar refractivity (Wildman–Crippen MR) is 124 cm³/mol. The van der Waals surface area contributed by atoms with Gasteiger partial charge in [-0.05, 0) is 38.4 Å². The van der Waals surface area contributed by atoms with E-state index in [1.54, 1.807) is 11.3 Å². The van der Waals surface area contributed by atoms with E-state index in [0.717, 1.165) is 49.9 Å². The number of aryl methyl sites for hydroxylation is 1. The largest absolute Gasteiger partial charge is 0.490 e. The first-order valence-electron chi connectivity index (χ1n) is 11.1. The normalized spacial score (nSPS) is 21.6. The number of pyridine rings is 1. The lowest BCUT2D eigenvalue weighted by molar-refractivity contribution is -0.193. The maximum absolute atomic E-state index is 10.6. The first-order valence-corrected chi connectivity index (χ1v) is 12.0. The molecule has 9 nitrogen and oxygen atoms in total. The highest BCUT2D eigenvalue weighted by molar-refractivity contribution is 7.09. The Morgan fingerprint density at radius 1 is 1.18 bits per heavy atom. The van der Waals surface area contributed by atoms with Crippen molar-refractivity contribution in [2.45, 2.75) is 56.7 Å². The van der Waals surface area contributed by atoms with Crippen LogP contribution in [-0.2, 0) is 20.9 Å². The zero-order valence-corrected chi connectivity index (χ0v) is 20.9. The van der Waals surface area contributed by atoms with Crippen LogP contribution in [0.25, 0.3) is 0 Å². The summed E-state index contributed by atoms with van der Waals surface area (Å²) in [5.74, 6) is -4.58. The molecule has 212 valence electrons. The Morgan fingerprint density at radius 2 is 1.82 bits per heavy atom. The van der Waals surface area contributed by atoms with Crippen LogP contribution in [0.3, 0.4) is 0 Å². The van der Waals surface area contributed by atoms with Gasteiger partial charge in [0.1, 0.15) is 5.82 Å². The smallest absolute Gasteiger partial charge is 0.475 e. The number of likely N-dealkylation sites (tertiary alicyclic amines) is 1. The van der Waals surface area contributed by atoms with Gasteiger partial charge in [-0.2, -0.15) is 26.3 Å². The molecule has 38 heavy (non-hydrogen) atoms. The molecule has 2 aliphatic heterocycles. The highest BCUT2D eigenvalue weighted by Crippen LogP contribution is 2.36. The van der Waals surface area contributed by atoms with E-state index in [4.69, 9.17) is 24.5 Å². The topological polar surface area (TPSA) is 125 Å². The van der Waals surface area contributed by atoms with Crippen molar-refractivity contribution in [2.75, 3.05) is 25.0 Å². The van der Waals surface area contributed by atoms with Gasteiger partial charge in [0, 0.05) is 31.1 Å². The number of aliphatic carboxylic acids is 2. The van der Waals surface area contributed by atoms with E-state index in [9.17, 15) is 26.3 Å². The van der Waals surface area contributed by atoms with Gasteiger partial charge in [0.25, 0.3) is 0 Å². The molecule has 2 aromatic heterocycles. The molecule has 0 aromatic carbocycles. The van der Waals surface area contributed by atoms with Crippen LogP contribution in [0.4, 0.5) is 32.2 Å². The summed E-state index contributed by atoms with van der Waals surface area (Å²) in [6, 6.07) is 6.32. The van der Waals surface area contributed by atoms with Crippen LogP contribution >= 0.6 is 11.3 Å². The monoisotopic (exact) mass is 572 g/mol. The lowest BCUT2D eigenvalue weighted by Gasteiger charge is -2.39. The molecule has 2 fully saturated rings. The standard InChI is InChI=1S/C18H24N4OS.2C2HF3O2/c1-14-20-16(12-24-14)10-22-8-4-6-18(13-22)9-15(11-23-18)21-17-5-2-3-7-19-17;2*3-2(4,5)1(6)7/h2-3,5,7,12,15H,4,6,8-11,13H2,1H3,(H,19,21);2*(H,6,7). The molecular weight excluding hydrogens is 546 g/mol. The Kier molecular flexibility index (Phi) is 10.8. The third-order valence-electron chi connectivity index (χ3n) is 5.38. The average Bonchev–Trinajstić information content (AvgIpc) is 3.39. The van der Waals surface area contributed by atoms with E-state index in [-0.39, 0.29) is 5.60 Å². The van der Waals surface area contributed by atoms with Gasteiger partial charge in [-0.3, -0.25) is 4.90 Å². The number of hydrogen-bond acceptors (Lipinski definition) is 8. The van der Waals surface area contributed by atoms with Gasteiger partial charge in [0.2, 0.25) is 0 Å². The molecule has 2 saturated heterocycles. The number of hydrogen-bond donors (Lipinski definition) is 3. The summed E-state index contributed by atoms with van der Waals surface area (Å²) < 4.78 is 69.8. The Labute approximate surface area is 217 Å². The van der Waals surface area contributed by atoms with Crippen LogP contribution in [0.15, 0.2) is 29.8 Å². The van der Waals surface area contributed by atoms with Crippen LogP contribution in [0, 0.1) is 6.92 Å². The fraction of sp³-hybridized carbons (Fsp3) is 0.545. The van der Waals surface area contributed by atoms with Gasteiger partial charge in [0.05, 0.1) is 29.0 Å². The number of nitrogens with one attached hydrogen (secondary N) is 1. The second-order valence-corrected chi connectivity index (χ2v) is 9.59. The van der Waals surface area contributed by atoms with Crippen molar-refractivity contribution in [3.63, 3.8) is 0 Å². The average molecular weight is 573 g/mol. The minimum absolute atomic E-state index is 0.00420.